The summed E-state index contributed by atoms with van der Waals surface area (Å²) in [6, 6.07) is 18.3. The molecular formula is C22H17NO3S. The van der Waals surface area contributed by atoms with Crippen LogP contribution in [0.3, 0.4) is 0 Å². The van der Waals surface area contributed by atoms with E-state index in [4.69, 9.17) is 4.42 Å². The number of carbonyl (C=O) groups is 1. The number of thiophene rings is 1. The summed E-state index contributed by atoms with van der Waals surface area (Å²) in [7, 11) is 0. The Bertz CT molecular complexity index is 1180. The number of anilines is 1. The minimum Gasteiger partial charge on any atom is -0.456 e. The Morgan fingerprint density at radius 3 is 2.74 bits per heavy atom. The monoisotopic (exact) mass is 375 g/mol. The van der Waals surface area contributed by atoms with Gasteiger partial charge in [0.25, 0.3) is 0 Å². The van der Waals surface area contributed by atoms with Gasteiger partial charge in [0, 0.05) is 22.2 Å². The van der Waals surface area contributed by atoms with Gasteiger partial charge in [-0.25, -0.2) is 0 Å². The molecule has 0 spiro atoms. The van der Waals surface area contributed by atoms with Crippen LogP contribution < -0.4 is 10.7 Å². The van der Waals surface area contributed by atoms with E-state index >= 15 is 0 Å². The minimum absolute atomic E-state index is 0.113. The highest BCUT2D eigenvalue weighted by molar-refractivity contribution is 7.10. The molecule has 0 aliphatic rings. The topological polar surface area (TPSA) is 59.3 Å². The van der Waals surface area contributed by atoms with Gasteiger partial charge in [0.2, 0.25) is 5.91 Å². The Hall–Kier alpha value is -3.18. The second-order valence-corrected chi connectivity index (χ2v) is 7.39. The fraction of sp³-hybridized carbons (Fsp3) is 0.0909. The zero-order valence-corrected chi connectivity index (χ0v) is 15.5. The SMILES string of the molecule is Cc1cccc(-c2cc(=O)c3cc(NC(=O)Cc4cccs4)ccc3o2)c1. The van der Waals surface area contributed by atoms with Gasteiger partial charge in [0.15, 0.2) is 5.43 Å². The van der Waals surface area contributed by atoms with Crippen LogP contribution in [0, 0.1) is 6.92 Å². The number of carbonyl (C=O) groups excluding carboxylic acids is 1. The van der Waals surface area contributed by atoms with Crippen LogP contribution in [0.5, 0.6) is 0 Å². The van der Waals surface area contributed by atoms with E-state index in [-0.39, 0.29) is 11.3 Å². The van der Waals surface area contributed by atoms with Crippen LogP contribution in [0.25, 0.3) is 22.3 Å². The van der Waals surface area contributed by atoms with Gasteiger partial charge < -0.3 is 9.73 Å². The molecular weight excluding hydrogens is 358 g/mol. The van der Waals surface area contributed by atoms with Gasteiger partial charge >= 0.3 is 0 Å². The van der Waals surface area contributed by atoms with Crippen molar-refractivity contribution in [1.29, 1.82) is 0 Å². The lowest BCUT2D eigenvalue weighted by molar-refractivity contribution is -0.115. The molecule has 1 N–H and O–H groups in total. The Morgan fingerprint density at radius 1 is 1.07 bits per heavy atom. The zero-order valence-electron chi connectivity index (χ0n) is 14.7. The molecule has 0 saturated heterocycles. The van der Waals surface area contributed by atoms with E-state index in [1.54, 1.807) is 29.5 Å². The van der Waals surface area contributed by atoms with Crippen molar-refractivity contribution in [3.05, 3.63) is 86.7 Å². The molecule has 1 amide bonds. The van der Waals surface area contributed by atoms with Gasteiger partial charge in [-0.3, -0.25) is 9.59 Å². The van der Waals surface area contributed by atoms with Gasteiger partial charge in [-0.15, -0.1) is 11.3 Å². The fourth-order valence-electron chi connectivity index (χ4n) is 2.95. The van der Waals surface area contributed by atoms with Gasteiger partial charge in [-0.2, -0.15) is 0 Å². The summed E-state index contributed by atoms with van der Waals surface area (Å²) < 4.78 is 5.92. The Labute approximate surface area is 160 Å². The first kappa shape index (κ1) is 17.2. The first-order valence-electron chi connectivity index (χ1n) is 8.56. The molecule has 0 atom stereocenters. The fourth-order valence-corrected chi connectivity index (χ4v) is 3.65. The van der Waals surface area contributed by atoms with Crippen molar-refractivity contribution in [3.8, 4) is 11.3 Å². The zero-order chi connectivity index (χ0) is 18.8. The van der Waals surface area contributed by atoms with Crippen LogP contribution in [0.2, 0.25) is 0 Å². The molecule has 0 unspecified atom stereocenters. The summed E-state index contributed by atoms with van der Waals surface area (Å²) >= 11 is 1.54. The molecule has 2 aromatic heterocycles. The van der Waals surface area contributed by atoms with Crippen molar-refractivity contribution in [1.82, 2.24) is 0 Å². The number of aryl methyl sites for hydroxylation is 1. The van der Waals surface area contributed by atoms with Gasteiger partial charge in [0.05, 0.1) is 11.8 Å². The highest BCUT2D eigenvalue weighted by atomic mass is 32.1. The van der Waals surface area contributed by atoms with Crippen molar-refractivity contribution in [2.45, 2.75) is 13.3 Å². The summed E-state index contributed by atoms with van der Waals surface area (Å²) in [5.74, 6) is 0.420. The van der Waals surface area contributed by atoms with Crippen molar-refractivity contribution >= 4 is 33.9 Å². The number of fused-ring (bicyclic) bond motifs is 1. The van der Waals surface area contributed by atoms with E-state index in [2.05, 4.69) is 5.32 Å². The van der Waals surface area contributed by atoms with E-state index < -0.39 is 0 Å². The molecule has 0 aliphatic heterocycles. The van der Waals surface area contributed by atoms with Crippen LogP contribution in [-0.2, 0) is 11.2 Å². The number of amides is 1. The molecule has 0 radical (unpaired) electrons. The van der Waals surface area contributed by atoms with E-state index in [1.807, 2.05) is 48.7 Å². The third-order valence-corrected chi connectivity index (χ3v) is 5.10. The van der Waals surface area contributed by atoms with Crippen LogP contribution in [0.15, 0.2) is 75.3 Å². The lowest BCUT2D eigenvalue weighted by Crippen LogP contribution is -2.14. The predicted octanol–water partition coefficient (Wildman–Crippen LogP) is 5.01. The number of nitrogens with one attached hydrogen (secondary N) is 1. The van der Waals surface area contributed by atoms with Gasteiger partial charge in [0.1, 0.15) is 11.3 Å². The largest absolute Gasteiger partial charge is 0.456 e. The molecule has 2 heterocycles. The summed E-state index contributed by atoms with van der Waals surface area (Å²) in [4.78, 5) is 25.7. The molecule has 0 aliphatic carbocycles. The molecule has 27 heavy (non-hydrogen) atoms. The second kappa shape index (κ2) is 7.21. The standard InChI is InChI=1S/C22H17NO3S/c1-14-4-2-5-15(10-14)21-13-19(24)18-11-16(7-8-20(18)26-21)23-22(25)12-17-6-3-9-27-17/h2-11,13H,12H2,1H3,(H,23,25). The maximum Gasteiger partial charge on any atom is 0.229 e. The third kappa shape index (κ3) is 3.83. The third-order valence-electron chi connectivity index (χ3n) is 4.23. The Balaban J connectivity index is 1.63. The minimum atomic E-state index is -0.137. The van der Waals surface area contributed by atoms with Crippen LogP contribution >= 0.6 is 11.3 Å². The summed E-state index contributed by atoms with van der Waals surface area (Å²) in [5.41, 5.74) is 2.90. The molecule has 0 fully saturated rings. The first-order valence-corrected chi connectivity index (χ1v) is 9.44. The lowest BCUT2D eigenvalue weighted by Gasteiger charge is -2.07. The summed E-state index contributed by atoms with van der Waals surface area (Å²) in [5, 5.41) is 5.23. The summed E-state index contributed by atoms with van der Waals surface area (Å²) in [6.07, 6.45) is 0.316. The van der Waals surface area contributed by atoms with E-state index in [0.717, 1.165) is 16.0 Å². The number of hydrogen-bond donors (Lipinski definition) is 1. The Morgan fingerprint density at radius 2 is 1.96 bits per heavy atom. The van der Waals surface area contributed by atoms with Gasteiger partial charge in [-0.05, 0) is 42.6 Å². The van der Waals surface area contributed by atoms with E-state index in [0.29, 0.717) is 28.8 Å². The maximum absolute atomic E-state index is 12.6. The second-order valence-electron chi connectivity index (χ2n) is 6.36. The van der Waals surface area contributed by atoms with Crippen molar-refractivity contribution < 1.29 is 9.21 Å². The van der Waals surface area contributed by atoms with Crippen molar-refractivity contribution in [2.24, 2.45) is 0 Å². The average Bonchev–Trinajstić information content (AvgIpc) is 3.15. The van der Waals surface area contributed by atoms with Crippen LogP contribution in [0.4, 0.5) is 5.69 Å². The predicted molar refractivity (Wildman–Crippen MR) is 109 cm³/mol. The van der Waals surface area contributed by atoms with Crippen LogP contribution in [0.1, 0.15) is 10.4 Å². The van der Waals surface area contributed by atoms with E-state index in [1.165, 1.54) is 6.07 Å². The number of benzene rings is 2. The molecule has 4 nitrogen and oxygen atoms in total. The van der Waals surface area contributed by atoms with Gasteiger partial charge in [-0.1, -0.05) is 29.8 Å². The maximum atomic E-state index is 12.6. The highest BCUT2D eigenvalue weighted by Crippen LogP contribution is 2.24. The lowest BCUT2D eigenvalue weighted by atomic mass is 10.1. The Kier molecular flexibility index (Phi) is 4.60. The molecule has 2 aromatic carbocycles. The first-order chi connectivity index (χ1) is 13.1. The number of hydrogen-bond acceptors (Lipinski definition) is 4. The molecule has 0 bridgehead atoms. The molecule has 4 rings (SSSR count). The molecule has 5 heteroatoms. The number of rotatable bonds is 4. The van der Waals surface area contributed by atoms with Crippen molar-refractivity contribution in [3.63, 3.8) is 0 Å². The molecule has 4 aromatic rings. The highest BCUT2D eigenvalue weighted by Gasteiger charge is 2.10. The molecule has 0 saturated carbocycles. The summed E-state index contributed by atoms with van der Waals surface area (Å²) in [6.45, 7) is 1.99. The molecule has 134 valence electrons. The quantitative estimate of drug-likeness (QED) is 0.545. The van der Waals surface area contributed by atoms with Crippen LogP contribution in [-0.4, -0.2) is 5.91 Å². The normalized spacial score (nSPS) is 10.9. The van der Waals surface area contributed by atoms with Crippen molar-refractivity contribution in [2.75, 3.05) is 5.32 Å². The van der Waals surface area contributed by atoms with E-state index in [9.17, 15) is 9.59 Å². The average molecular weight is 375 g/mol. The smallest absolute Gasteiger partial charge is 0.229 e.